The molecule has 0 unspecified atom stereocenters. The van der Waals surface area contributed by atoms with Gasteiger partial charge in [0.2, 0.25) is 15.9 Å². The van der Waals surface area contributed by atoms with E-state index in [0.717, 1.165) is 5.56 Å². The largest absolute Gasteiger partial charge is 0.351 e. The first kappa shape index (κ1) is 19.6. The number of carbonyl (C=O) groups excluding carboxylic acids is 2. The number of sulfonamides is 1. The Hall–Kier alpha value is -2.71. The maximum Gasteiger partial charge on any atom is 0.251 e. The van der Waals surface area contributed by atoms with E-state index in [0.29, 0.717) is 11.3 Å². The Morgan fingerprint density at radius 1 is 1.00 bits per heavy atom. The standard InChI is InChI=1S/C18H21N3O4S/c1-13-6-8-17(9-7-13)26(24,25)20-11-10-19-18(23)15-4-3-5-16(12-15)21-14(2)22/h3-9,12,20H,10-11H2,1-2H3,(H,19,23)(H,21,22). The van der Waals surface area contributed by atoms with Crippen molar-refractivity contribution in [3.05, 3.63) is 59.7 Å². The van der Waals surface area contributed by atoms with Gasteiger partial charge in [-0.25, -0.2) is 13.1 Å². The lowest BCUT2D eigenvalue weighted by atomic mass is 10.2. The molecule has 2 amide bonds. The number of carbonyl (C=O) groups is 2. The van der Waals surface area contributed by atoms with Crippen LogP contribution in [0.2, 0.25) is 0 Å². The van der Waals surface area contributed by atoms with Gasteiger partial charge < -0.3 is 10.6 Å². The van der Waals surface area contributed by atoms with Crippen LogP contribution < -0.4 is 15.4 Å². The van der Waals surface area contributed by atoms with E-state index < -0.39 is 10.0 Å². The van der Waals surface area contributed by atoms with Crippen LogP contribution in [0.4, 0.5) is 5.69 Å². The fourth-order valence-electron chi connectivity index (χ4n) is 2.21. The minimum Gasteiger partial charge on any atom is -0.351 e. The number of hydrogen-bond donors (Lipinski definition) is 3. The minimum absolute atomic E-state index is 0.0628. The summed E-state index contributed by atoms with van der Waals surface area (Å²) in [5.41, 5.74) is 1.86. The topological polar surface area (TPSA) is 104 Å². The fourth-order valence-corrected chi connectivity index (χ4v) is 3.24. The van der Waals surface area contributed by atoms with Crippen LogP contribution in [-0.2, 0) is 14.8 Å². The molecule has 2 aromatic rings. The highest BCUT2D eigenvalue weighted by molar-refractivity contribution is 7.89. The fraction of sp³-hybridized carbons (Fsp3) is 0.222. The molecular weight excluding hydrogens is 354 g/mol. The van der Waals surface area contributed by atoms with Crippen LogP contribution in [-0.4, -0.2) is 33.3 Å². The number of nitrogens with one attached hydrogen (secondary N) is 3. The molecule has 0 heterocycles. The van der Waals surface area contributed by atoms with Crippen LogP contribution in [0, 0.1) is 6.92 Å². The molecule has 0 atom stereocenters. The Balaban J connectivity index is 1.86. The van der Waals surface area contributed by atoms with Crippen LogP contribution in [0.25, 0.3) is 0 Å². The molecule has 0 fully saturated rings. The smallest absolute Gasteiger partial charge is 0.251 e. The van der Waals surface area contributed by atoms with Crippen molar-refractivity contribution in [1.82, 2.24) is 10.0 Å². The van der Waals surface area contributed by atoms with E-state index in [1.807, 2.05) is 6.92 Å². The lowest BCUT2D eigenvalue weighted by Crippen LogP contribution is -2.34. The summed E-state index contributed by atoms with van der Waals surface area (Å²) in [4.78, 5) is 23.3. The summed E-state index contributed by atoms with van der Waals surface area (Å²) >= 11 is 0. The van der Waals surface area contributed by atoms with Crippen molar-refractivity contribution >= 4 is 27.5 Å². The molecule has 0 aromatic heterocycles. The molecule has 0 saturated carbocycles. The second-order valence-electron chi connectivity index (χ2n) is 5.73. The second kappa shape index (κ2) is 8.59. The zero-order valence-electron chi connectivity index (χ0n) is 14.6. The van der Waals surface area contributed by atoms with Gasteiger partial charge in [0.25, 0.3) is 5.91 Å². The summed E-state index contributed by atoms with van der Waals surface area (Å²) in [6, 6.07) is 13.0. The third-order valence-corrected chi connectivity index (χ3v) is 4.96. The van der Waals surface area contributed by atoms with Crippen molar-refractivity contribution in [2.24, 2.45) is 0 Å². The summed E-state index contributed by atoms with van der Waals surface area (Å²) in [7, 11) is -3.61. The minimum atomic E-state index is -3.61. The zero-order valence-corrected chi connectivity index (χ0v) is 15.4. The Kier molecular flexibility index (Phi) is 6.48. The number of anilines is 1. The molecule has 0 spiro atoms. The quantitative estimate of drug-likeness (QED) is 0.640. The van der Waals surface area contributed by atoms with Crippen molar-refractivity contribution < 1.29 is 18.0 Å². The van der Waals surface area contributed by atoms with E-state index in [4.69, 9.17) is 0 Å². The Bertz CT molecular complexity index is 893. The molecule has 0 aliphatic rings. The maximum atomic E-state index is 12.1. The van der Waals surface area contributed by atoms with Gasteiger partial charge in [0.1, 0.15) is 0 Å². The van der Waals surface area contributed by atoms with Gasteiger partial charge in [0.05, 0.1) is 4.90 Å². The van der Waals surface area contributed by atoms with Crippen LogP contribution in [0.15, 0.2) is 53.4 Å². The highest BCUT2D eigenvalue weighted by atomic mass is 32.2. The predicted octanol–water partition coefficient (Wildman–Crippen LogP) is 1.66. The molecule has 138 valence electrons. The normalized spacial score (nSPS) is 11.0. The Morgan fingerprint density at radius 2 is 1.69 bits per heavy atom. The second-order valence-corrected chi connectivity index (χ2v) is 7.50. The molecule has 2 rings (SSSR count). The van der Waals surface area contributed by atoms with Crippen LogP contribution in [0.1, 0.15) is 22.8 Å². The molecule has 0 radical (unpaired) electrons. The van der Waals surface area contributed by atoms with Gasteiger partial charge in [-0.15, -0.1) is 0 Å². The van der Waals surface area contributed by atoms with Crippen LogP contribution in [0.3, 0.4) is 0 Å². The lowest BCUT2D eigenvalue weighted by molar-refractivity contribution is -0.114. The summed E-state index contributed by atoms with van der Waals surface area (Å²) in [5, 5.41) is 5.23. The van der Waals surface area contributed by atoms with E-state index in [1.165, 1.54) is 19.1 Å². The lowest BCUT2D eigenvalue weighted by Gasteiger charge is -2.09. The van der Waals surface area contributed by atoms with Crippen molar-refractivity contribution in [1.29, 1.82) is 0 Å². The van der Waals surface area contributed by atoms with Crippen molar-refractivity contribution in [2.45, 2.75) is 18.7 Å². The molecule has 0 saturated heterocycles. The first-order chi connectivity index (χ1) is 12.3. The number of benzene rings is 2. The van der Waals surface area contributed by atoms with E-state index in [9.17, 15) is 18.0 Å². The third kappa shape index (κ3) is 5.68. The highest BCUT2D eigenvalue weighted by Crippen LogP contribution is 2.11. The number of aryl methyl sites for hydroxylation is 1. The number of rotatable bonds is 7. The third-order valence-electron chi connectivity index (χ3n) is 3.48. The first-order valence-corrected chi connectivity index (χ1v) is 9.48. The number of hydrogen-bond acceptors (Lipinski definition) is 4. The van der Waals surface area contributed by atoms with Gasteiger partial charge >= 0.3 is 0 Å². The average molecular weight is 375 g/mol. The molecule has 0 aliphatic heterocycles. The first-order valence-electron chi connectivity index (χ1n) is 8.00. The van der Waals surface area contributed by atoms with Crippen LogP contribution in [0.5, 0.6) is 0 Å². The van der Waals surface area contributed by atoms with E-state index in [-0.39, 0.29) is 29.8 Å². The molecular formula is C18H21N3O4S. The Morgan fingerprint density at radius 3 is 2.35 bits per heavy atom. The maximum absolute atomic E-state index is 12.1. The molecule has 2 aromatic carbocycles. The van der Waals surface area contributed by atoms with Gasteiger partial charge in [0.15, 0.2) is 0 Å². The van der Waals surface area contributed by atoms with E-state index in [1.54, 1.807) is 36.4 Å². The van der Waals surface area contributed by atoms with Gasteiger partial charge in [-0.1, -0.05) is 23.8 Å². The van der Waals surface area contributed by atoms with Crippen molar-refractivity contribution in [3.63, 3.8) is 0 Å². The monoisotopic (exact) mass is 375 g/mol. The summed E-state index contributed by atoms with van der Waals surface area (Å²) in [6.07, 6.45) is 0. The molecule has 3 N–H and O–H groups in total. The van der Waals surface area contributed by atoms with Crippen LogP contribution >= 0.6 is 0 Å². The summed E-state index contributed by atoms with van der Waals surface area (Å²) < 4.78 is 26.7. The van der Waals surface area contributed by atoms with Crippen molar-refractivity contribution in [2.75, 3.05) is 18.4 Å². The highest BCUT2D eigenvalue weighted by Gasteiger charge is 2.13. The summed E-state index contributed by atoms with van der Waals surface area (Å²) in [6.45, 7) is 3.45. The van der Waals surface area contributed by atoms with Gasteiger partial charge in [-0.3, -0.25) is 9.59 Å². The SMILES string of the molecule is CC(=O)Nc1cccc(C(=O)NCCNS(=O)(=O)c2ccc(C)cc2)c1. The van der Waals surface area contributed by atoms with Gasteiger partial charge in [0, 0.05) is 31.3 Å². The van der Waals surface area contributed by atoms with E-state index in [2.05, 4.69) is 15.4 Å². The molecule has 0 bridgehead atoms. The number of amides is 2. The van der Waals surface area contributed by atoms with Gasteiger partial charge in [-0.2, -0.15) is 0 Å². The molecule has 7 nitrogen and oxygen atoms in total. The zero-order chi connectivity index (χ0) is 19.2. The molecule has 8 heteroatoms. The van der Waals surface area contributed by atoms with Gasteiger partial charge in [-0.05, 0) is 37.3 Å². The average Bonchev–Trinajstić information content (AvgIpc) is 2.58. The molecule has 26 heavy (non-hydrogen) atoms. The van der Waals surface area contributed by atoms with Crippen molar-refractivity contribution in [3.8, 4) is 0 Å². The van der Waals surface area contributed by atoms with E-state index >= 15 is 0 Å². The predicted molar refractivity (Wildman–Crippen MR) is 99.4 cm³/mol. The molecule has 0 aliphatic carbocycles. The Labute approximate surface area is 152 Å². The summed E-state index contributed by atoms with van der Waals surface area (Å²) in [5.74, 6) is -0.584.